The van der Waals surface area contributed by atoms with Gasteiger partial charge in [-0.2, -0.15) is 0 Å². The van der Waals surface area contributed by atoms with Gasteiger partial charge in [-0.05, 0) is 34.5 Å². The van der Waals surface area contributed by atoms with E-state index < -0.39 is 51.2 Å². The topological polar surface area (TPSA) is 100 Å². The van der Waals surface area contributed by atoms with Crippen LogP contribution in [-0.4, -0.2) is 103 Å². The van der Waals surface area contributed by atoms with Crippen molar-refractivity contribution < 1.29 is 47.1 Å². The van der Waals surface area contributed by atoms with Crippen LogP contribution in [-0.2, 0) is 49.0 Å². The number of benzene rings is 4. The summed E-state index contributed by atoms with van der Waals surface area (Å²) in [4.78, 5) is 13.5. The van der Waals surface area contributed by atoms with Gasteiger partial charge in [0.2, 0.25) is 0 Å². The molecule has 4 aromatic carbocycles. The summed E-state index contributed by atoms with van der Waals surface area (Å²) in [5, 5.41) is 2.26. The molecule has 0 spiro atoms. The van der Waals surface area contributed by atoms with Crippen LogP contribution in [0.2, 0.25) is 18.1 Å². The Bertz CT molecular complexity index is 2250. The zero-order chi connectivity index (χ0) is 45.4. The van der Waals surface area contributed by atoms with Crippen LogP contribution in [0.5, 0.6) is 5.75 Å². The van der Waals surface area contributed by atoms with Gasteiger partial charge in [-0.25, -0.2) is 0 Å². The molecular weight excluding hydrogens is 904 g/mol. The van der Waals surface area contributed by atoms with E-state index in [1.54, 1.807) is 13.4 Å². The third-order valence-electron chi connectivity index (χ3n) is 13.2. The first-order chi connectivity index (χ1) is 31.5. The Labute approximate surface area is 391 Å². The van der Waals surface area contributed by atoms with Crippen LogP contribution < -0.4 is 9.20 Å². The number of hydrogen-bond donors (Lipinski definition) is 0. The Balaban J connectivity index is 1.04. The number of ether oxygens (including phenoxy) is 8. The van der Waals surface area contributed by atoms with Gasteiger partial charge in [0, 0.05) is 0 Å². The van der Waals surface area contributed by atoms with Crippen molar-refractivity contribution in [2.75, 3.05) is 20.3 Å². The molecule has 0 aliphatic carbocycles. The molecule has 4 aliphatic rings. The second-order valence-electron chi connectivity index (χ2n) is 18.6. The average molecular weight is 968 g/mol. The molecule has 0 bridgehead atoms. The summed E-state index contributed by atoms with van der Waals surface area (Å²) in [6, 6.07) is 32.4. The molecule has 0 unspecified atom stereocenters. The Morgan fingerprint density at radius 2 is 1.62 bits per heavy atom. The normalized spacial score (nSPS) is 29.0. The molecule has 4 heterocycles. The number of methoxy groups -OCH3 is 1. The molecule has 4 aromatic rings. The SMILES string of the molecule is COc1ccc([C@@H]2OC[C@H]3O[C@@H](CCC(=O)[Se]c4ccccc4)[C@H](O/C=C/[C@H]4O[C@H]5CC=CCO[C@@H]5[C@@H](OCc5cccc6ccccc56)[C@@H]4O[Si](C)(C)C(C)(C)C)C/C=C\[C@@H]3O2)cc1. The van der Waals surface area contributed by atoms with E-state index in [-0.39, 0.29) is 43.0 Å². The van der Waals surface area contributed by atoms with Crippen LogP contribution in [0, 0.1) is 0 Å². The van der Waals surface area contributed by atoms with E-state index in [2.05, 4.69) is 101 Å². The predicted octanol–water partition coefficient (Wildman–Crippen LogP) is 9.30. The summed E-state index contributed by atoms with van der Waals surface area (Å²) in [7, 11) is -0.737. The molecule has 0 radical (unpaired) electrons. The van der Waals surface area contributed by atoms with Gasteiger partial charge in [-0.3, -0.25) is 0 Å². The molecule has 10 nitrogen and oxygen atoms in total. The fourth-order valence-electron chi connectivity index (χ4n) is 8.53. The summed E-state index contributed by atoms with van der Waals surface area (Å²) in [6.45, 7) is 12.5. The summed E-state index contributed by atoms with van der Waals surface area (Å²) in [5.74, 6) is 0.765. The fourth-order valence-corrected chi connectivity index (χ4v) is 11.5. The third kappa shape index (κ3) is 12.0. The average Bonchev–Trinajstić information content (AvgIpc) is 3.54. The maximum atomic E-state index is 13.5. The minimum atomic E-state index is -2.38. The van der Waals surface area contributed by atoms with E-state index >= 15 is 0 Å². The second-order valence-corrected chi connectivity index (χ2v) is 25.8. The molecule has 0 saturated carbocycles. The van der Waals surface area contributed by atoms with Crippen molar-refractivity contribution in [1.82, 2.24) is 0 Å². The van der Waals surface area contributed by atoms with Crippen LogP contribution in [0.3, 0.4) is 0 Å². The molecule has 10 atom stereocenters. The predicted molar refractivity (Wildman–Crippen MR) is 256 cm³/mol. The van der Waals surface area contributed by atoms with E-state index in [0.717, 1.165) is 26.7 Å². The van der Waals surface area contributed by atoms with E-state index in [4.69, 9.17) is 42.3 Å². The first-order valence-electron chi connectivity index (χ1n) is 22.9. The monoisotopic (exact) mass is 968 g/mol. The van der Waals surface area contributed by atoms with Crippen molar-refractivity contribution in [3.63, 3.8) is 0 Å². The molecule has 65 heavy (non-hydrogen) atoms. The first-order valence-corrected chi connectivity index (χ1v) is 27.6. The molecule has 0 aromatic heterocycles. The number of hydrogen-bond acceptors (Lipinski definition) is 10. The number of rotatable bonds is 15. The van der Waals surface area contributed by atoms with Gasteiger partial charge >= 0.3 is 248 Å². The first kappa shape index (κ1) is 47.6. The van der Waals surface area contributed by atoms with Crippen molar-refractivity contribution >= 4 is 43.2 Å². The van der Waals surface area contributed by atoms with Gasteiger partial charge in [-0.15, -0.1) is 0 Å². The molecule has 12 heteroatoms. The summed E-state index contributed by atoms with van der Waals surface area (Å²) >= 11 is -0.303. The zero-order valence-electron chi connectivity index (χ0n) is 38.4. The van der Waals surface area contributed by atoms with Crippen molar-refractivity contribution in [3.8, 4) is 5.75 Å². The van der Waals surface area contributed by atoms with Crippen LogP contribution in [0.15, 0.2) is 134 Å². The van der Waals surface area contributed by atoms with Crippen LogP contribution in [0.25, 0.3) is 10.8 Å². The fraction of sp³-hybridized carbons (Fsp3) is 0.453. The molecule has 8 rings (SSSR count). The van der Waals surface area contributed by atoms with Crippen molar-refractivity contribution in [3.05, 3.63) is 145 Å². The van der Waals surface area contributed by atoms with Crippen LogP contribution in [0.4, 0.5) is 0 Å². The second kappa shape index (κ2) is 21.8. The summed E-state index contributed by atoms with van der Waals surface area (Å²) < 4.78 is 60.9. The number of fused-ring (bicyclic) bond motifs is 3. The van der Waals surface area contributed by atoms with Gasteiger partial charge in [0.1, 0.15) is 5.75 Å². The van der Waals surface area contributed by atoms with Gasteiger partial charge in [0.15, 0.2) is 0 Å². The summed E-state index contributed by atoms with van der Waals surface area (Å²) in [5.41, 5.74) is 2.01. The quantitative estimate of drug-likeness (QED) is 0.0652. The van der Waals surface area contributed by atoms with Crippen molar-refractivity contribution in [2.24, 2.45) is 0 Å². The van der Waals surface area contributed by atoms with Gasteiger partial charge in [0.05, 0.1) is 20.3 Å². The Hall–Kier alpha value is -3.91. The Morgan fingerprint density at radius 3 is 2.42 bits per heavy atom. The minimum absolute atomic E-state index is 0.0747. The van der Waals surface area contributed by atoms with Gasteiger partial charge in [0.25, 0.3) is 0 Å². The van der Waals surface area contributed by atoms with Crippen molar-refractivity contribution in [1.29, 1.82) is 0 Å². The van der Waals surface area contributed by atoms with Gasteiger partial charge < -0.3 is 9.47 Å². The van der Waals surface area contributed by atoms with Crippen LogP contribution in [0.1, 0.15) is 63.9 Å². The molecule has 346 valence electrons. The molecular formula is C53H64O10SeSi. The molecule has 0 N–H and O–H groups in total. The standard InChI is InChI=1S/C53H64O10SeSi/c1-53(2,3)65(5,6)63-50-46(61-45-22-12-13-32-57-49(45)51(50)58-34-38-18-14-17-36-16-10-11-21-41(36)38)31-33-56-42-23-15-24-43-47(35-59-52(62-43)37-25-27-39(55-4)28-26-37)60-44(42)29-30-48(54)64-40-19-8-7-9-20-40/h7-21,24-28,31,33,42-47,49-52H,22-23,29-30,32,34-35H2,1-6H3/b24-15-,33-31+/t42-,43+,44+,45+,46-,47-,49+,50-,51-,52-/m1/s1. The van der Waals surface area contributed by atoms with E-state index in [1.807, 2.05) is 60.7 Å². The summed E-state index contributed by atoms with van der Waals surface area (Å²) in [6.07, 6.45) is 9.99. The molecule has 4 aliphatic heterocycles. The van der Waals surface area contributed by atoms with E-state index in [1.165, 1.54) is 5.39 Å². The van der Waals surface area contributed by atoms with Gasteiger partial charge in [-0.1, -0.05) is 75.4 Å². The number of carbonyl (C=O) groups excluding carboxylic acids is 1. The Kier molecular flexibility index (Phi) is 16.0. The maximum absolute atomic E-state index is 13.5. The molecule has 0 amide bonds. The molecule has 2 fully saturated rings. The third-order valence-corrected chi connectivity index (χ3v) is 19.6. The molecule has 2 saturated heterocycles. The number of carbonyl (C=O) groups is 1. The van der Waals surface area contributed by atoms with E-state index in [0.29, 0.717) is 45.5 Å². The van der Waals surface area contributed by atoms with Crippen molar-refractivity contribution in [2.45, 2.75) is 132 Å². The van der Waals surface area contributed by atoms with Crippen LogP contribution >= 0.6 is 0 Å². The zero-order valence-corrected chi connectivity index (χ0v) is 41.1. The Morgan fingerprint density at radius 1 is 0.831 bits per heavy atom. The van der Waals surface area contributed by atoms with E-state index in [9.17, 15) is 4.79 Å².